The third kappa shape index (κ3) is 3.17. The molecule has 3 aromatic carbocycles. The number of aromatic amines is 1. The number of para-hydroxylation sites is 1. The predicted molar refractivity (Wildman–Crippen MR) is 117 cm³/mol. The van der Waals surface area contributed by atoms with Gasteiger partial charge in [0.15, 0.2) is 5.75 Å². The lowest BCUT2D eigenvalue weighted by atomic mass is 10.1. The molecule has 0 aliphatic rings. The summed E-state index contributed by atoms with van der Waals surface area (Å²) in [5.74, 6) is 2.37. The number of aromatic nitrogens is 3. The number of H-pyrrole nitrogens is 1. The lowest BCUT2D eigenvalue weighted by Crippen LogP contribution is -1.98. The molecule has 142 valence electrons. The summed E-state index contributed by atoms with van der Waals surface area (Å²) in [5.41, 5.74) is 5.26. The van der Waals surface area contributed by atoms with E-state index in [0.29, 0.717) is 0 Å². The number of hydrogen-bond acceptors (Lipinski definition) is 4. The number of rotatable bonds is 4. The minimum Gasteiger partial charge on any atom is -0.455 e. The number of hydrogen-bond donors (Lipinski definition) is 2. The van der Waals surface area contributed by atoms with Crippen molar-refractivity contribution >= 4 is 33.3 Å². The third-order valence-corrected chi connectivity index (χ3v) is 5.16. The molecular weight excluding hydrogens is 360 g/mol. The van der Waals surface area contributed by atoms with Crippen molar-refractivity contribution in [3.05, 3.63) is 84.3 Å². The molecule has 5 aromatic rings. The van der Waals surface area contributed by atoms with Gasteiger partial charge in [0.2, 0.25) is 0 Å². The predicted octanol–water partition coefficient (Wildman–Crippen LogP) is 6.26. The van der Waals surface area contributed by atoms with Crippen molar-refractivity contribution in [2.45, 2.75) is 13.8 Å². The van der Waals surface area contributed by atoms with Gasteiger partial charge in [0, 0.05) is 22.7 Å². The Morgan fingerprint density at radius 2 is 1.69 bits per heavy atom. The van der Waals surface area contributed by atoms with E-state index in [9.17, 15) is 0 Å². The number of nitrogens with one attached hydrogen (secondary N) is 2. The Bertz CT molecular complexity index is 1330. The molecule has 0 unspecified atom stereocenters. The van der Waals surface area contributed by atoms with Gasteiger partial charge in [-0.3, -0.25) is 0 Å². The second-order valence-electron chi connectivity index (χ2n) is 7.09. The van der Waals surface area contributed by atoms with E-state index >= 15 is 0 Å². The maximum atomic E-state index is 6.07. The summed E-state index contributed by atoms with van der Waals surface area (Å²) >= 11 is 0. The van der Waals surface area contributed by atoms with Crippen molar-refractivity contribution in [2.24, 2.45) is 0 Å². The van der Waals surface area contributed by atoms with Crippen molar-refractivity contribution in [1.29, 1.82) is 0 Å². The zero-order chi connectivity index (χ0) is 19.8. The molecule has 0 atom stereocenters. The monoisotopic (exact) mass is 380 g/mol. The van der Waals surface area contributed by atoms with E-state index in [-0.39, 0.29) is 0 Å². The first-order valence-electron chi connectivity index (χ1n) is 9.51. The lowest BCUT2D eigenvalue weighted by molar-refractivity contribution is 0.487. The first kappa shape index (κ1) is 17.3. The Hall–Kier alpha value is -3.86. The molecule has 2 aromatic heterocycles. The number of benzene rings is 3. The summed E-state index contributed by atoms with van der Waals surface area (Å²) in [6.07, 6.45) is 3.51. The van der Waals surface area contributed by atoms with Crippen LogP contribution < -0.4 is 10.1 Å². The molecule has 5 rings (SSSR count). The summed E-state index contributed by atoms with van der Waals surface area (Å²) in [6.45, 7) is 4.20. The molecular formula is C24H20N4O. The SMILES string of the molecule is Cc1cc2ncnc(Nc3ccc(Oc4ccccc4)c4[nH]ccc34)c2cc1C. The molecule has 0 bridgehead atoms. The van der Waals surface area contributed by atoms with Gasteiger partial charge in [-0.25, -0.2) is 9.97 Å². The van der Waals surface area contributed by atoms with Gasteiger partial charge < -0.3 is 15.0 Å². The maximum absolute atomic E-state index is 6.07. The largest absolute Gasteiger partial charge is 0.455 e. The highest BCUT2D eigenvalue weighted by molar-refractivity contribution is 6.00. The Kier molecular flexibility index (Phi) is 4.13. The molecule has 5 heteroatoms. The molecule has 0 saturated carbocycles. The lowest BCUT2D eigenvalue weighted by Gasteiger charge is -2.13. The van der Waals surface area contributed by atoms with E-state index in [1.54, 1.807) is 6.33 Å². The number of nitrogens with zero attached hydrogens (tertiary/aromatic N) is 2. The van der Waals surface area contributed by atoms with Crippen molar-refractivity contribution in [1.82, 2.24) is 15.0 Å². The van der Waals surface area contributed by atoms with Gasteiger partial charge in [0.25, 0.3) is 0 Å². The number of aryl methyl sites for hydroxylation is 2. The minimum atomic E-state index is 0.778. The van der Waals surface area contributed by atoms with Crippen LogP contribution in [0.5, 0.6) is 11.5 Å². The molecule has 2 heterocycles. The maximum Gasteiger partial charge on any atom is 0.151 e. The third-order valence-electron chi connectivity index (χ3n) is 5.16. The summed E-state index contributed by atoms with van der Waals surface area (Å²) in [7, 11) is 0. The summed E-state index contributed by atoms with van der Waals surface area (Å²) in [4.78, 5) is 12.2. The molecule has 0 radical (unpaired) electrons. The van der Waals surface area contributed by atoms with Crippen LogP contribution in [-0.4, -0.2) is 15.0 Å². The molecule has 0 aliphatic carbocycles. The molecule has 0 amide bonds. The Morgan fingerprint density at radius 3 is 2.55 bits per heavy atom. The Morgan fingerprint density at radius 1 is 0.862 bits per heavy atom. The fraction of sp³-hybridized carbons (Fsp3) is 0.0833. The first-order chi connectivity index (χ1) is 14.2. The number of ether oxygens (including phenoxy) is 1. The first-order valence-corrected chi connectivity index (χ1v) is 9.51. The van der Waals surface area contributed by atoms with Crippen molar-refractivity contribution in [3.8, 4) is 11.5 Å². The zero-order valence-corrected chi connectivity index (χ0v) is 16.2. The average molecular weight is 380 g/mol. The second-order valence-corrected chi connectivity index (χ2v) is 7.09. The van der Waals surface area contributed by atoms with E-state index in [1.165, 1.54) is 11.1 Å². The molecule has 29 heavy (non-hydrogen) atoms. The van der Waals surface area contributed by atoms with Gasteiger partial charge in [0.05, 0.1) is 11.0 Å². The number of fused-ring (bicyclic) bond motifs is 2. The van der Waals surface area contributed by atoms with Gasteiger partial charge in [-0.05, 0) is 67.4 Å². The second kappa shape index (κ2) is 6.95. The van der Waals surface area contributed by atoms with Crippen LogP contribution in [0.3, 0.4) is 0 Å². The van der Waals surface area contributed by atoms with E-state index in [4.69, 9.17) is 4.74 Å². The fourth-order valence-electron chi connectivity index (χ4n) is 3.48. The van der Waals surface area contributed by atoms with Gasteiger partial charge in [-0.1, -0.05) is 18.2 Å². The summed E-state index contributed by atoms with van der Waals surface area (Å²) in [6, 6.07) is 20.0. The van der Waals surface area contributed by atoms with Crippen LogP contribution in [0.4, 0.5) is 11.5 Å². The average Bonchev–Trinajstić information content (AvgIpc) is 3.23. The number of anilines is 2. The van der Waals surface area contributed by atoms with Gasteiger partial charge in [0.1, 0.15) is 17.9 Å². The normalized spacial score (nSPS) is 11.1. The van der Waals surface area contributed by atoms with E-state index in [2.05, 4.69) is 46.2 Å². The van der Waals surface area contributed by atoms with Crippen LogP contribution in [0.15, 0.2) is 73.2 Å². The van der Waals surface area contributed by atoms with E-state index in [1.807, 2.05) is 54.7 Å². The molecule has 0 spiro atoms. The molecule has 0 saturated heterocycles. The van der Waals surface area contributed by atoms with Gasteiger partial charge in [-0.15, -0.1) is 0 Å². The Labute approximate surface area is 168 Å². The molecule has 0 fully saturated rings. The van der Waals surface area contributed by atoms with E-state index < -0.39 is 0 Å². The van der Waals surface area contributed by atoms with Crippen LogP contribution in [0.25, 0.3) is 21.8 Å². The quantitative estimate of drug-likeness (QED) is 0.386. The van der Waals surface area contributed by atoms with Crippen LogP contribution >= 0.6 is 0 Å². The van der Waals surface area contributed by atoms with Crippen LogP contribution in [0, 0.1) is 13.8 Å². The zero-order valence-electron chi connectivity index (χ0n) is 16.2. The van der Waals surface area contributed by atoms with Crippen molar-refractivity contribution in [2.75, 3.05) is 5.32 Å². The molecule has 5 nitrogen and oxygen atoms in total. The van der Waals surface area contributed by atoms with Gasteiger partial charge in [-0.2, -0.15) is 0 Å². The Balaban J connectivity index is 1.56. The summed E-state index contributed by atoms with van der Waals surface area (Å²) in [5, 5.41) is 5.53. The van der Waals surface area contributed by atoms with Crippen LogP contribution in [0.2, 0.25) is 0 Å². The van der Waals surface area contributed by atoms with Crippen molar-refractivity contribution in [3.63, 3.8) is 0 Å². The van der Waals surface area contributed by atoms with Crippen LogP contribution in [0.1, 0.15) is 11.1 Å². The smallest absolute Gasteiger partial charge is 0.151 e. The van der Waals surface area contributed by atoms with E-state index in [0.717, 1.165) is 44.8 Å². The highest BCUT2D eigenvalue weighted by Gasteiger charge is 2.12. The van der Waals surface area contributed by atoms with Gasteiger partial charge >= 0.3 is 0 Å². The minimum absolute atomic E-state index is 0.778. The van der Waals surface area contributed by atoms with Crippen molar-refractivity contribution < 1.29 is 4.74 Å². The highest BCUT2D eigenvalue weighted by Crippen LogP contribution is 2.35. The standard InChI is InChI=1S/C24H20N4O/c1-15-12-19-21(13-16(15)2)26-14-27-24(19)28-20-8-9-22(23-18(20)10-11-25-23)29-17-6-4-3-5-7-17/h3-14,25H,1-2H3,(H,26,27,28). The van der Waals surface area contributed by atoms with Crippen LogP contribution in [-0.2, 0) is 0 Å². The topological polar surface area (TPSA) is 62.8 Å². The molecule has 0 aliphatic heterocycles. The highest BCUT2D eigenvalue weighted by atomic mass is 16.5. The summed E-state index contributed by atoms with van der Waals surface area (Å²) < 4.78 is 6.07. The molecule has 2 N–H and O–H groups in total. The fourth-order valence-corrected chi connectivity index (χ4v) is 3.48.